The molecule has 2 aliphatic rings. The molecule has 3 heterocycles. The molecule has 1 saturated carbocycles. The number of hydrogen-bond acceptors (Lipinski definition) is 7. The number of hydrogen-bond donors (Lipinski definition) is 2. The van der Waals surface area contributed by atoms with Crippen molar-refractivity contribution in [2.45, 2.75) is 43.9 Å². The fourth-order valence-corrected chi connectivity index (χ4v) is 4.63. The van der Waals surface area contributed by atoms with Crippen LogP contribution in [-0.4, -0.2) is 53.3 Å². The van der Waals surface area contributed by atoms with Crippen molar-refractivity contribution in [3.8, 4) is 0 Å². The fraction of sp³-hybridized carbons (Fsp3) is 0.458. The highest BCUT2D eigenvalue weighted by Gasteiger charge is 2.31. The average Bonchev–Trinajstić information content (AvgIpc) is 2.85. The van der Waals surface area contributed by atoms with Crippen molar-refractivity contribution in [2.24, 2.45) is 0 Å². The van der Waals surface area contributed by atoms with Crippen LogP contribution in [0.25, 0.3) is 11.0 Å². The molecule has 2 fully saturated rings. The van der Waals surface area contributed by atoms with Crippen molar-refractivity contribution in [1.82, 2.24) is 15.0 Å². The molecule has 0 amide bonds. The molecule has 2 aromatic heterocycles. The van der Waals surface area contributed by atoms with E-state index in [0.717, 1.165) is 73.4 Å². The molecule has 5 rings (SSSR count). The van der Waals surface area contributed by atoms with E-state index in [9.17, 15) is 13.2 Å². The summed E-state index contributed by atoms with van der Waals surface area (Å²) in [5, 5.41) is 6.96. The van der Waals surface area contributed by atoms with Gasteiger partial charge in [0.1, 0.15) is 11.3 Å². The van der Waals surface area contributed by atoms with E-state index in [1.807, 2.05) is 0 Å². The summed E-state index contributed by atoms with van der Waals surface area (Å²) >= 11 is 0. The SMILES string of the molecule is FC(F)(F)c1ccc(N[C@H]2CC[C@@H](Nc3cc(N4CCOCC4)cc4nccnc34)CC2)nc1. The third kappa shape index (κ3) is 5.16. The summed E-state index contributed by atoms with van der Waals surface area (Å²) < 4.78 is 43.7. The maximum absolute atomic E-state index is 12.7. The number of anilines is 3. The minimum Gasteiger partial charge on any atom is -0.380 e. The van der Waals surface area contributed by atoms with Crippen LogP contribution in [0, 0.1) is 0 Å². The lowest BCUT2D eigenvalue weighted by Crippen LogP contribution is -2.36. The molecular weight excluding hydrogens is 445 g/mol. The number of aromatic nitrogens is 3. The monoisotopic (exact) mass is 472 g/mol. The zero-order chi connectivity index (χ0) is 23.5. The number of nitrogens with zero attached hydrogens (tertiary/aromatic N) is 4. The summed E-state index contributed by atoms with van der Waals surface area (Å²) in [6.45, 7) is 3.12. The van der Waals surface area contributed by atoms with Crippen LogP contribution < -0.4 is 15.5 Å². The molecule has 0 spiro atoms. The minimum atomic E-state index is -4.37. The number of morpholine rings is 1. The first-order chi connectivity index (χ1) is 16.5. The van der Waals surface area contributed by atoms with Crippen LogP contribution in [0.1, 0.15) is 31.2 Å². The Balaban J connectivity index is 1.23. The number of nitrogens with one attached hydrogen (secondary N) is 2. The number of fused-ring (bicyclic) bond motifs is 1. The summed E-state index contributed by atoms with van der Waals surface area (Å²) in [6, 6.07) is 7.16. The molecular formula is C24H27F3N6O. The van der Waals surface area contributed by atoms with Gasteiger partial charge >= 0.3 is 6.18 Å². The van der Waals surface area contributed by atoms with E-state index in [-0.39, 0.29) is 12.1 Å². The van der Waals surface area contributed by atoms with Crippen LogP contribution in [0.15, 0.2) is 42.9 Å². The molecule has 2 N–H and O–H groups in total. The second-order valence-corrected chi connectivity index (χ2v) is 8.78. The largest absolute Gasteiger partial charge is 0.417 e. The molecule has 1 aromatic carbocycles. The van der Waals surface area contributed by atoms with Gasteiger partial charge in [-0.05, 0) is 49.9 Å². The number of rotatable bonds is 5. The smallest absolute Gasteiger partial charge is 0.380 e. The lowest BCUT2D eigenvalue weighted by Gasteiger charge is -2.32. The molecule has 0 unspecified atom stereocenters. The van der Waals surface area contributed by atoms with Crippen LogP contribution in [0.3, 0.4) is 0 Å². The normalized spacial score (nSPS) is 21.4. The number of benzene rings is 1. The van der Waals surface area contributed by atoms with Crippen molar-refractivity contribution < 1.29 is 17.9 Å². The van der Waals surface area contributed by atoms with Gasteiger partial charge in [0.05, 0.1) is 30.0 Å². The van der Waals surface area contributed by atoms with Crippen LogP contribution in [0.5, 0.6) is 0 Å². The van der Waals surface area contributed by atoms with Crippen molar-refractivity contribution in [3.63, 3.8) is 0 Å². The molecule has 7 nitrogen and oxygen atoms in total. The third-order valence-corrected chi connectivity index (χ3v) is 6.46. The molecule has 180 valence electrons. The van der Waals surface area contributed by atoms with E-state index in [4.69, 9.17) is 4.74 Å². The highest BCUT2D eigenvalue weighted by atomic mass is 19.4. The predicted molar refractivity (Wildman–Crippen MR) is 125 cm³/mol. The maximum Gasteiger partial charge on any atom is 0.417 e. The molecule has 34 heavy (non-hydrogen) atoms. The highest BCUT2D eigenvalue weighted by molar-refractivity contribution is 5.91. The standard InChI is InChI=1S/C24H27F3N6O/c25-24(26,27)16-1-6-22(30-15-16)32-18-4-2-17(3-5-18)31-21-14-19(33-9-11-34-12-10-33)13-20-23(21)29-8-7-28-20/h1,6-8,13-15,17-18,31H,2-5,9-12H2,(H,30,32)/t17-,18+. The van der Waals surface area contributed by atoms with Gasteiger partial charge in [-0.2, -0.15) is 13.2 Å². The minimum absolute atomic E-state index is 0.179. The van der Waals surface area contributed by atoms with Gasteiger partial charge in [0.2, 0.25) is 0 Å². The molecule has 0 atom stereocenters. The summed E-state index contributed by atoms with van der Waals surface area (Å²) in [5.41, 5.74) is 3.07. The van der Waals surface area contributed by atoms with Crippen LogP contribution in [0.4, 0.5) is 30.4 Å². The van der Waals surface area contributed by atoms with Crippen molar-refractivity contribution in [1.29, 1.82) is 0 Å². The van der Waals surface area contributed by atoms with Gasteiger partial charge in [0.25, 0.3) is 0 Å². The predicted octanol–water partition coefficient (Wildman–Crippen LogP) is 4.72. The molecule has 1 aliphatic heterocycles. The zero-order valence-electron chi connectivity index (χ0n) is 18.7. The lowest BCUT2D eigenvalue weighted by atomic mass is 9.91. The zero-order valence-corrected chi connectivity index (χ0v) is 18.7. The first-order valence-electron chi connectivity index (χ1n) is 11.6. The van der Waals surface area contributed by atoms with E-state index in [2.05, 4.69) is 42.6 Å². The Hall–Kier alpha value is -3.14. The molecule has 3 aromatic rings. The Morgan fingerprint density at radius 2 is 1.59 bits per heavy atom. The maximum atomic E-state index is 12.7. The second-order valence-electron chi connectivity index (χ2n) is 8.78. The Labute approximate surface area is 195 Å². The van der Waals surface area contributed by atoms with E-state index in [1.54, 1.807) is 12.4 Å². The second kappa shape index (κ2) is 9.61. The first kappa shape index (κ1) is 22.6. The molecule has 10 heteroatoms. The average molecular weight is 473 g/mol. The molecule has 0 radical (unpaired) electrons. The number of pyridine rings is 1. The van der Waals surface area contributed by atoms with Crippen LogP contribution >= 0.6 is 0 Å². The van der Waals surface area contributed by atoms with E-state index < -0.39 is 11.7 Å². The third-order valence-electron chi connectivity index (χ3n) is 6.46. The Kier molecular flexibility index (Phi) is 6.40. The van der Waals surface area contributed by atoms with Crippen LogP contribution in [0.2, 0.25) is 0 Å². The van der Waals surface area contributed by atoms with Gasteiger partial charge in [-0.1, -0.05) is 0 Å². The topological polar surface area (TPSA) is 75.2 Å². The summed E-state index contributed by atoms with van der Waals surface area (Å²) in [5.74, 6) is 0.476. The summed E-state index contributed by atoms with van der Waals surface area (Å²) in [4.78, 5) is 15.3. The van der Waals surface area contributed by atoms with E-state index in [1.165, 1.54) is 6.07 Å². The lowest BCUT2D eigenvalue weighted by molar-refractivity contribution is -0.137. The van der Waals surface area contributed by atoms with Gasteiger partial charge in [0, 0.05) is 49.5 Å². The van der Waals surface area contributed by atoms with Gasteiger partial charge in [-0.15, -0.1) is 0 Å². The van der Waals surface area contributed by atoms with Gasteiger partial charge in [-0.3, -0.25) is 9.97 Å². The molecule has 1 saturated heterocycles. The van der Waals surface area contributed by atoms with Crippen molar-refractivity contribution in [3.05, 3.63) is 48.4 Å². The Bertz CT molecular complexity index is 1110. The first-order valence-corrected chi connectivity index (χ1v) is 11.6. The Morgan fingerprint density at radius 1 is 0.882 bits per heavy atom. The summed E-state index contributed by atoms with van der Waals surface area (Å²) in [7, 11) is 0. The van der Waals surface area contributed by atoms with Gasteiger partial charge < -0.3 is 20.3 Å². The van der Waals surface area contributed by atoms with E-state index >= 15 is 0 Å². The van der Waals surface area contributed by atoms with Gasteiger partial charge in [-0.25, -0.2) is 4.98 Å². The summed E-state index contributed by atoms with van der Waals surface area (Å²) in [6.07, 6.45) is 3.58. The van der Waals surface area contributed by atoms with E-state index in [0.29, 0.717) is 19.0 Å². The van der Waals surface area contributed by atoms with Gasteiger partial charge in [0.15, 0.2) is 0 Å². The molecule has 1 aliphatic carbocycles. The number of halogens is 3. The van der Waals surface area contributed by atoms with Crippen molar-refractivity contribution in [2.75, 3.05) is 41.8 Å². The van der Waals surface area contributed by atoms with Crippen molar-refractivity contribution >= 4 is 28.2 Å². The Morgan fingerprint density at radius 3 is 2.26 bits per heavy atom. The quantitative estimate of drug-likeness (QED) is 0.557. The fourth-order valence-electron chi connectivity index (χ4n) is 4.63. The highest BCUT2D eigenvalue weighted by Crippen LogP contribution is 2.32. The van der Waals surface area contributed by atoms with Crippen LogP contribution in [-0.2, 0) is 10.9 Å². The number of alkyl halides is 3. The number of ether oxygens (including phenoxy) is 1. The molecule has 0 bridgehead atoms.